The van der Waals surface area contributed by atoms with E-state index >= 15 is 0 Å². The van der Waals surface area contributed by atoms with Gasteiger partial charge in [0.05, 0.1) is 7.11 Å². The number of hydrogen-bond donors (Lipinski definition) is 0. The number of ether oxygens (including phenoxy) is 1. The highest BCUT2D eigenvalue weighted by Gasteiger charge is 1.89. The Labute approximate surface area is 73.4 Å². The summed E-state index contributed by atoms with van der Waals surface area (Å²) in [4.78, 5) is 12.4. The van der Waals surface area contributed by atoms with Gasteiger partial charge >= 0.3 is 5.97 Å². The van der Waals surface area contributed by atoms with E-state index in [0.29, 0.717) is 0 Å². The van der Waals surface area contributed by atoms with Crippen LogP contribution >= 0.6 is 12.4 Å². The zero-order valence-electron chi connectivity index (χ0n) is 7.03. The fourth-order valence-electron chi connectivity index (χ4n) is 0.428. The maximum absolute atomic E-state index is 10.5. The minimum Gasteiger partial charge on any atom is -0.466 e. The average molecular weight is 180 g/mol. The molecule has 0 unspecified atom stereocenters. The molecule has 0 aliphatic rings. The van der Waals surface area contributed by atoms with Crippen LogP contribution in [0.25, 0.3) is 0 Å². The van der Waals surface area contributed by atoms with Gasteiger partial charge in [0.2, 0.25) is 0 Å². The third-order valence-corrected chi connectivity index (χ3v) is 0.926. The molecule has 0 N–H and O–H groups in total. The second-order valence-electron chi connectivity index (χ2n) is 2.19. The van der Waals surface area contributed by atoms with Crippen molar-refractivity contribution in [2.75, 3.05) is 27.7 Å². The number of esters is 1. The van der Waals surface area contributed by atoms with Gasteiger partial charge in [-0.2, -0.15) is 0 Å². The van der Waals surface area contributed by atoms with Crippen molar-refractivity contribution in [1.29, 1.82) is 0 Å². The molecule has 0 aromatic rings. The third kappa shape index (κ3) is 9.46. The molecule has 0 fully saturated rings. The Hall–Kier alpha value is -0.540. The summed E-state index contributed by atoms with van der Waals surface area (Å²) in [7, 11) is 5.23. The molecule has 0 saturated heterocycles. The molecule has 0 amide bonds. The van der Waals surface area contributed by atoms with Gasteiger partial charge in [0.15, 0.2) is 0 Å². The predicted molar refractivity (Wildman–Crippen MR) is 47.0 cm³/mol. The molecule has 66 valence electrons. The molecule has 0 aromatic heterocycles. The highest BCUT2D eigenvalue weighted by atomic mass is 35.5. The molecule has 0 heterocycles. The fourth-order valence-corrected chi connectivity index (χ4v) is 0.428. The Morgan fingerprint density at radius 2 is 2.09 bits per heavy atom. The molecule has 0 aromatic carbocycles. The Balaban J connectivity index is 0. The number of carbonyl (C=O) groups excluding carboxylic acids is 1. The first kappa shape index (κ1) is 13.1. The van der Waals surface area contributed by atoms with Crippen LogP contribution in [0.5, 0.6) is 0 Å². The molecule has 4 heteroatoms. The minimum absolute atomic E-state index is 0. The second kappa shape index (κ2) is 7.57. The maximum Gasteiger partial charge on any atom is 0.330 e. The van der Waals surface area contributed by atoms with Crippen LogP contribution in [-0.2, 0) is 9.53 Å². The van der Waals surface area contributed by atoms with E-state index < -0.39 is 0 Å². The Bertz CT molecular complexity index is 134. The second-order valence-corrected chi connectivity index (χ2v) is 2.19. The van der Waals surface area contributed by atoms with Gasteiger partial charge in [0.25, 0.3) is 0 Å². The number of carbonyl (C=O) groups is 1. The van der Waals surface area contributed by atoms with E-state index in [1.165, 1.54) is 13.2 Å². The number of nitrogens with zero attached hydrogens (tertiary/aromatic N) is 1. The van der Waals surface area contributed by atoms with Crippen molar-refractivity contribution in [1.82, 2.24) is 4.90 Å². The lowest BCUT2D eigenvalue weighted by molar-refractivity contribution is -0.134. The van der Waals surface area contributed by atoms with Gasteiger partial charge in [-0.25, -0.2) is 4.79 Å². The first-order valence-electron chi connectivity index (χ1n) is 3.06. The van der Waals surface area contributed by atoms with Crippen molar-refractivity contribution in [2.24, 2.45) is 0 Å². The minimum atomic E-state index is -0.304. The summed E-state index contributed by atoms with van der Waals surface area (Å²) < 4.78 is 4.39. The molecule has 0 radical (unpaired) electrons. The standard InChI is InChI=1S/C7H13NO2.ClH/c1-8(2)6-4-5-7(9)10-3;/h4-5H,6H2,1-3H3;1H. The summed E-state index contributed by atoms with van der Waals surface area (Å²) in [6.07, 6.45) is 3.17. The van der Waals surface area contributed by atoms with Gasteiger partial charge in [0, 0.05) is 12.6 Å². The van der Waals surface area contributed by atoms with Crippen molar-refractivity contribution in [3.05, 3.63) is 12.2 Å². The fraction of sp³-hybridized carbons (Fsp3) is 0.571. The summed E-state index contributed by atoms with van der Waals surface area (Å²) in [5.41, 5.74) is 0. The first-order valence-corrected chi connectivity index (χ1v) is 3.06. The summed E-state index contributed by atoms with van der Waals surface area (Å²) >= 11 is 0. The lowest BCUT2D eigenvalue weighted by atomic mass is 10.5. The number of rotatable bonds is 3. The van der Waals surface area contributed by atoms with E-state index in [0.717, 1.165) is 6.54 Å². The Morgan fingerprint density at radius 1 is 1.55 bits per heavy atom. The predicted octanol–water partition coefficient (Wildman–Crippen LogP) is 0.699. The smallest absolute Gasteiger partial charge is 0.330 e. The first-order chi connectivity index (χ1) is 4.66. The number of methoxy groups -OCH3 is 1. The normalized spacial score (nSPS) is 9.82. The summed E-state index contributed by atoms with van der Waals surface area (Å²) in [6, 6.07) is 0. The molecule has 0 aliphatic carbocycles. The van der Waals surface area contributed by atoms with Crippen LogP contribution in [0, 0.1) is 0 Å². The average Bonchev–Trinajstić information content (AvgIpc) is 1.87. The molecule has 11 heavy (non-hydrogen) atoms. The largest absolute Gasteiger partial charge is 0.466 e. The molecular formula is C7H14ClNO2. The van der Waals surface area contributed by atoms with E-state index in [9.17, 15) is 4.79 Å². The van der Waals surface area contributed by atoms with E-state index in [1.807, 2.05) is 19.0 Å². The summed E-state index contributed by atoms with van der Waals surface area (Å²) in [6.45, 7) is 0.759. The van der Waals surface area contributed by atoms with E-state index in [-0.39, 0.29) is 18.4 Å². The van der Waals surface area contributed by atoms with Crippen LogP contribution < -0.4 is 0 Å². The lowest BCUT2D eigenvalue weighted by Crippen LogP contribution is -2.11. The molecule has 3 nitrogen and oxygen atoms in total. The van der Waals surface area contributed by atoms with Crippen molar-refractivity contribution in [3.8, 4) is 0 Å². The van der Waals surface area contributed by atoms with Crippen LogP contribution in [0.1, 0.15) is 0 Å². The van der Waals surface area contributed by atoms with E-state index in [1.54, 1.807) is 6.08 Å². The molecule has 0 atom stereocenters. The van der Waals surface area contributed by atoms with Crippen molar-refractivity contribution in [2.45, 2.75) is 0 Å². The van der Waals surface area contributed by atoms with Crippen LogP contribution in [0.15, 0.2) is 12.2 Å². The zero-order chi connectivity index (χ0) is 7.98. The van der Waals surface area contributed by atoms with Crippen LogP contribution in [0.3, 0.4) is 0 Å². The van der Waals surface area contributed by atoms with E-state index in [4.69, 9.17) is 0 Å². The van der Waals surface area contributed by atoms with Gasteiger partial charge in [0.1, 0.15) is 0 Å². The lowest BCUT2D eigenvalue weighted by Gasteiger charge is -2.02. The number of likely N-dealkylation sites (N-methyl/N-ethyl adjacent to an activating group) is 1. The van der Waals surface area contributed by atoms with Gasteiger partial charge in [-0.15, -0.1) is 12.4 Å². The molecule has 0 bridgehead atoms. The third-order valence-electron chi connectivity index (χ3n) is 0.926. The Kier molecular flexibility index (Phi) is 9.00. The molecular weight excluding hydrogens is 166 g/mol. The number of halogens is 1. The maximum atomic E-state index is 10.5. The van der Waals surface area contributed by atoms with Gasteiger partial charge in [-0.3, -0.25) is 0 Å². The van der Waals surface area contributed by atoms with Crippen LogP contribution in [-0.4, -0.2) is 38.6 Å². The quantitative estimate of drug-likeness (QED) is 0.472. The molecule has 0 saturated carbocycles. The molecule has 0 rings (SSSR count). The highest BCUT2D eigenvalue weighted by Crippen LogP contribution is 1.79. The van der Waals surface area contributed by atoms with Crippen LogP contribution in [0.4, 0.5) is 0 Å². The Morgan fingerprint density at radius 3 is 2.45 bits per heavy atom. The SMILES string of the molecule is COC(=O)C=CCN(C)C.Cl. The summed E-state index contributed by atoms with van der Waals surface area (Å²) in [5, 5.41) is 0. The van der Waals surface area contributed by atoms with Crippen LogP contribution in [0.2, 0.25) is 0 Å². The summed E-state index contributed by atoms with van der Waals surface area (Å²) in [5.74, 6) is -0.304. The van der Waals surface area contributed by atoms with Crippen molar-refractivity contribution >= 4 is 18.4 Å². The molecule has 0 aliphatic heterocycles. The van der Waals surface area contributed by atoms with Gasteiger partial charge in [-0.1, -0.05) is 6.08 Å². The molecule has 0 spiro atoms. The number of hydrogen-bond acceptors (Lipinski definition) is 3. The van der Waals surface area contributed by atoms with Gasteiger partial charge < -0.3 is 9.64 Å². The highest BCUT2D eigenvalue weighted by molar-refractivity contribution is 5.85. The van der Waals surface area contributed by atoms with Gasteiger partial charge in [-0.05, 0) is 14.1 Å². The van der Waals surface area contributed by atoms with E-state index in [2.05, 4.69) is 4.74 Å². The van der Waals surface area contributed by atoms with Crippen molar-refractivity contribution in [3.63, 3.8) is 0 Å². The van der Waals surface area contributed by atoms with Crippen molar-refractivity contribution < 1.29 is 9.53 Å². The monoisotopic (exact) mass is 179 g/mol. The zero-order valence-corrected chi connectivity index (χ0v) is 7.85. The topological polar surface area (TPSA) is 29.5 Å².